The molecule has 98 valence electrons. The fourth-order valence-electron chi connectivity index (χ4n) is 1.96. The van der Waals surface area contributed by atoms with E-state index in [2.05, 4.69) is 44.3 Å². The summed E-state index contributed by atoms with van der Waals surface area (Å²) in [5.41, 5.74) is 1.33. The van der Waals surface area contributed by atoms with Gasteiger partial charge in [-0.15, -0.1) is 0 Å². The maximum atomic E-state index is 4.37. The van der Waals surface area contributed by atoms with Crippen molar-refractivity contribution in [1.29, 1.82) is 0 Å². The summed E-state index contributed by atoms with van der Waals surface area (Å²) in [5, 5.41) is 8.01. The van der Waals surface area contributed by atoms with Crippen LogP contribution in [0.1, 0.15) is 58.6 Å². The minimum absolute atomic E-state index is 0.463. The fourth-order valence-corrected chi connectivity index (χ4v) is 1.96. The number of nitrogens with zero attached hydrogens (tertiary/aromatic N) is 2. The summed E-state index contributed by atoms with van der Waals surface area (Å²) in [5.74, 6) is 0.759. The molecule has 0 bridgehead atoms. The first kappa shape index (κ1) is 14.2. The number of aromatic nitrogens is 2. The van der Waals surface area contributed by atoms with E-state index >= 15 is 0 Å². The first-order chi connectivity index (χ1) is 8.21. The highest BCUT2D eigenvalue weighted by atomic mass is 15.3. The van der Waals surface area contributed by atoms with Gasteiger partial charge >= 0.3 is 0 Å². The highest BCUT2D eigenvalue weighted by Crippen LogP contribution is 2.22. The number of nitrogens with one attached hydrogen (secondary N) is 1. The van der Waals surface area contributed by atoms with E-state index in [1.807, 2.05) is 10.9 Å². The molecule has 1 N–H and O–H groups in total. The van der Waals surface area contributed by atoms with Crippen LogP contribution in [-0.2, 0) is 6.54 Å². The molecule has 0 spiro atoms. The molecular formula is C14H27N3. The molecule has 1 heterocycles. The third-order valence-corrected chi connectivity index (χ3v) is 3.36. The molecule has 0 amide bonds. The highest BCUT2D eigenvalue weighted by molar-refractivity contribution is 5.10. The predicted octanol–water partition coefficient (Wildman–Crippen LogP) is 3.38. The van der Waals surface area contributed by atoms with Gasteiger partial charge in [0.2, 0.25) is 0 Å². The molecule has 2 atom stereocenters. The first-order valence-corrected chi connectivity index (χ1v) is 6.96. The number of hydrogen-bond donors (Lipinski definition) is 1. The summed E-state index contributed by atoms with van der Waals surface area (Å²) < 4.78 is 2.01. The molecule has 0 aliphatic carbocycles. The van der Waals surface area contributed by atoms with Crippen molar-refractivity contribution < 1.29 is 0 Å². The molecule has 17 heavy (non-hydrogen) atoms. The zero-order valence-corrected chi connectivity index (χ0v) is 11.7. The van der Waals surface area contributed by atoms with E-state index in [0.717, 1.165) is 19.0 Å². The summed E-state index contributed by atoms with van der Waals surface area (Å²) in [6, 6.07) is 0.463. The smallest absolute Gasteiger partial charge is 0.0537 e. The molecule has 0 aliphatic rings. The second kappa shape index (κ2) is 7.49. The second-order valence-corrected chi connectivity index (χ2v) is 4.89. The van der Waals surface area contributed by atoms with Gasteiger partial charge < -0.3 is 5.32 Å². The van der Waals surface area contributed by atoms with E-state index in [4.69, 9.17) is 0 Å². The van der Waals surface area contributed by atoms with Crippen LogP contribution in [0.5, 0.6) is 0 Å². The van der Waals surface area contributed by atoms with Crippen LogP contribution >= 0.6 is 0 Å². The van der Waals surface area contributed by atoms with Gasteiger partial charge in [0.25, 0.3) is 0 Å². The number of rotatable bonds is 8. The minimum atomic E-state index is 0.463. The fraction of sp³-hybridized carbons (Fsp3) is 0.786. The maximum Gasteiger partial charge on any atom is 0.0537 e. The SMILES string of the molecule is CCCNC(CC(C)CC)c1cnn(CC)c1. The van der Waals surface area contributed by atoms with Crippen LogP contribution in [0.3, 0.4) is 0 Å². The quantitative estimate of drug-likeness (QED) is 0.751. The lowest BCUT2D eigenvalue weighted by Gasteiger charge is -2.20. The Morgan fingerprint density at radius 3 is 2.65 bits per heavy atom. The summed E-state index contributed by atoms with van der Waals surface area (Å²) in [7, 11) is 0. The molecule has 0 aliphatic heterocycles. The Hall–Kier alpha value is -0.830. The zero-order valence-electron chi connectivity index (χ0n) is 11.7. The zero-order chi connectivity index (χ0) is 12.7. The molecule has 2 unspecified atom stereocenters. The van der Waals surface area contributed by atoms with Gasteiger partial charge in [-0.25, -0.2) is 0 Å². The molecule has 0 saturated heterocycles. The molecule has 3 nitrogen and oxygen atoms in total. The molecule has 0 radical (unpaired) electrons. The monoisotopic (exact) mass is 237 g/mol. The van der Waals surface area contributed by atoms with Crippen LogP contribution in [-0.4, -0.2) is 16.3 Å². The Morgan fingerprint density at radius 1 is 1.35 bits per heavy atom. The van der Waals surface area contributed by atoms with Gasteiger partial charge in [-0.3, -0.25) is 4.68 Å². The van der Waals surface area contributed by atoms with Crippen LogP contribution in [0.15, 0.2) is 12.4 Å². The highest BCUT2D eigenvalue weighted by Gasteiger charge is 2.15. The van der Waals surface area contributed by atoms with Gasteiger partial charge in [0.1, 0.15) is 0 Å². The van der Waals surface area contributed by atoms with Gasteiger partial charge in [-0.1, -0.05) is 27.2 Å². The van der Waals surface area contributed by atoms with Crippen LogP contribution in [0, 0.1) is 5.92 Å². The Labute approximate surface area is 106 Å². The van der Waals surface area contributed by atoms with Gasteiger partial charge in [-0.05, 0) is 32.2 Å². The molecule has 1 rings (SSSR count). The molecule has 0 saturated carbocycles. The number of aryl methyl sites for hydroxylation is 1. The average molecular weight is 237 g/mol. The summed E-state index contributed by atoms with van der Waals surface area (Å²) in [6.45, 7) is 11.0. The lowest BCUT2D eigenvalue weighted by Crippen LogP contribution is -2.23. The van der Waals surface area contributed by atoms with Crippen molar-refractivity contribution in [3.05, 3.63) is 18.0 Å². The molecule has 3 heteroatoms. The summed E-state index contributed by atoms with van der Waals surface area (Å²) in [4.78, 5) is 0. The normalized spacial score (nSPS) is 14.8. The molecule has 0 fully saturated rings. The maximum absolute atomic E-state index is 4.37. The van der Waals surface area contributed by atoms with Crippen molar-refractivity contribution in [3.8, 4) is 0 Å². The van der Waals surface area contributed by atoms with E-state index in [0.29, 0.717) is 6.04 Å². The Morgan fingerprint density at radius 2 is 2.12 bits per heavy atom. The van der Waals surface area contributed by atoms with E-state index < -0.39 is 0 Å². The van der Waals surface area contributed by atoms with Crippen LogP contribution in [0.25, 0.3) is 0 Å². The van der Waals surface area contributed by atoms with E-state index in [1.54, 1.807) is 0 Å². The topological polar surface area (TPSA) is 29.9 Å². The van der Waals surface area contributed by atoms with Crippen molar-refractivity contribution in [3.63, 3.8) is 0 Å². The lowest BCUT2D eigenvalue weighted by atomic mass is 9.96. The van der Waals surface area contributed by atoms with Crippen molar-refractivity contribution >= 4 is 0 Å². The summed E-state index contributed by atoms with van der Waals surface area (Å²) >= 11 is 0. The first-order valence-electron chi connectivity index (χ1n) is 6.96. The average Bonchev–Trinajstić information content (AvgIpc) is 2.82. The van der Waals surface area contributed by atoms with Gasteiger partial charge in [0.05, 0.1) is 6.20 Å². The molecule has 0 aromatic carbocycles. The Balaban J connectivity index is 2.66. The Bertz CT molecular complexity index is 306. The Kier molecular flexibility index (Phi) is 6.27. The lowest BCUT2D eigenvalue weighted by molar-refractivity contribution is 0.402. The van der Waals surface area contributed by atoms with E-state index in [-0.39, 0.29) is 0 Å². The van der Waals surface area contributed by atoms with Gasteiger partial charge in [0.15, 0.2) is 0 Å². The largest absolute Gasteiger partial charge is 0.310 e. The van der Waals surface area contributed by atoms with Gasteiger partial charge in [0, 0.05) is 24.3 Å². The third-order valence-electron chi connectivity index (χ3n) is 3.36. The molecule has 1 aromatic rings. The van der Waals surface area contributed by atoms with Crippen LogP contribution < -0.4 is 5.32 Å². The molecular weight excluding hydrogens is 210 g/mol. The third kappa shape index (κ3) is 4.50. The molecule has 1 aromatic heterocycles. The second-order valence-electron chi connectivity index (χ2n) is 4.89. The number of hydrogen-bond acceptors (Lipinski definition) is 2. The van der Waals surface area contributed by atoms with E-state index in [9.17, 15) is 0 Å². The summed E-state index contributed by atoms with van der Waals surface area (Å²) in [6.07, 6.45) is 7.81. The van der Waals surface area contributed by atoms with Gasteiger partial charge in [-0.2, -0.15) is 5.10 Å². The van der Waals surface area contributed by atoms with Crippen LogP contribution in [0.4, 0.5) is 0 Å². The van der Waals surface area contributed by atoms with Crippen LogP contribution in [0.2, 0.25) is 0 Å². The van der Waals surface area contributed by atoms with Crippen molar-refractivity contribution in [2.75, 3.05) is 6.54 Å². The van der Waals surface area contributed by atoms with Crippen molar-refractivity contribution in [2.24, 2.45) is 5.92 Å². The van der Waals surface area contributed by atoms with Crippen molar-refractivity contribution in [2.45, 2.75) is 59.5 Å². The van der Waals surface area contributed by atoms with E-state index in [1.165, 1.54) is 24.8 Å². The standard InChI is InChI=1S/C14H27N3/c1-5-8-15-14(9-12(4)6-2)13-10-16-17(7-3)11-13/h10-12,14-15H,5-9H2,1-4H3. The van der Waals surface area contributed by atoms with Crippen molar-refractivity contribution in [1.82, 2.24) is 15.1 Å². The minimum Gasteiger partial charge on any atom is -0.310 e. The predicted molar refractivity (Wildman–Crippen MR) is 73.0 cm³/mol.